The molecule has 2 rings (SSSR count). The summed E-state index contributed by atoms with van der Waals surface area (Å²) in [4.78, 5) is 24.3. The first-order valence-electron chi connectivity index (χ1n) is 7.99. The maximum absolute atomic E-state index is 12.5. The number of ether oxygens (including phenoxy) is 2. The quantitative estimate of drug-likeness (QED) is 0.601. The first-order valence-corrected chi connectivity index (χ1v) is 7.99. The zero-order chi connectivity index (χ0) is 19.1. The molecule has 8 nitrogen and oxygen atoms in total. The molecule has 138 valence electrons. The Labute approximate surface area is 151 Å². The van der Waals surface area contributed by atoms with Crippen LogP contribution in [0.25, 0.3) is 0 Å². The van der Waals surface area contributed by atoms with E-state index in [-0.39, 0.29) is 11.7 Å². The van der Waals surface area contributed by atoms with Gasteiger partial charge in [-0.1, -0.05) is 6.07 Å². The zero-order valence-electron chi connectivity index (χ0n) is 14.9. The van der Waals surface area contributed by atoms with Gasteiger partial charge < -0.3 is 19.7 Å². The smallest absolute Gasteiger partial charge is 0.322 e. The maximum Gasteiger partial charge on any atom is 0.322 e. The maximum atomic E-state index is 12.5. The summed E-state index contributed by atoms with van der Waals surface area (Å²) in [6, 6.07) is 10.9. The summed E-state index contributed by atoms with van der Waals surface area (Å²) >= 11 is 0. The number of amides is 2. The predicted molar refractivity (Wildman–Crippen MR) is 97.7 cm³/mol. The summed E-state index contributed by atoms with van der Waals surface area (Å²) < 4.78 is 10.5. The Kier molecular flexibility index (Phi) is 6.37. The zero-order valence-corrected chi connectivity index (χ0v) is 14.9. The number of rotatable bonds is 7. The van der Waals surface area contributed by atoms with Crippen LogP contribution in [0, 0.1) is 10.1 Å². The summed E-state index contributed by atoms with van der Waals surface area (Å²) in [6.07, 6.45) is 0. The van der Waals surface area contributed by atoms with Crippen LogP contribution in [0.3, 0.4) is 0 Å². The average molecular weight is 359 g/mol. The number of hydrogen-bond acceptors (Lipinski definition) is 5. The normalized spacial score (nSPS) is 10.1. The second-order valence-corrected chi connectivity index (χ2v) is 5.44. The third-order valence-electron chi connectivity index (χ3n) is 3.82. The van der Waals surface area contributed by atoms with Crippen molar-refractivity contribution in [3.8, 4) is 11.5 Å². The lowest BCUT2D eigenvalue weighted by atomic mass is 10.2. The minimum atomic E-state index is -0.485. The number of nitrogens with zero attached hydrogens (tertiary/aromatic N) is 2. The Hall–Kier alpha value is -3.29. The molecule has 0 fully saturated rings. The molecule has 0 aliphatic heterocycles. The van der Waals surface area contributed by atoms with Crippen molar-refractivity contribution in [2.45, 2.75) is 13.5 Å². The molecular formula is C18H21N3O5. The van der Waals surface area contributed by atoms with Crippen molar-refractivity contribution in [3.05, 3.63) is 58.1 Å². The van der Waals surface area contributed by atoms with Gasteiger partial charge in [-0.05, 0) is 36.8 Å². The third kappa shape index (κ3) is 4.62. The van der Waals surface area contributed by atoms with Gasteiger partial charge in [-0.15, -0.1) is 0 Å². The molecule has 1 N–H and O–H groups in total. The molecule has 2 amide bonds. The van der Waals surface area contributed by atoms with E-state index in [1.54, 1.807) is 25.2 Å². The standard InChI is InChI=1S/C18H21N3O5/c1-4-20(12-13-5-10-16(25-2)17(11-13)26-3)18(22)19-14-6-8-15(9-7-14)21(23)24/h5-11H,4,12H2,1-3H3,(H,19,22). The highest BCUT2D eigenvalue weighted by Crippen LogP contribution is 2.28. The Bertz CT molecular complexity index is 777. The fourth-order valence-corrected chi connectivity index (χ4v) is 2.40. The SMILES string of the molecule is CCN(Cc1ccc(OC)c(OC)c1)C(=O)Nc1ccc([N+](=O)[O-])cc1. The minimum Gasteiger partial charge on any atom is -0.493 e. The number of urea groups is 1. The van der Waals surface area contributed by atoms with E-state index in [4.69, 9.17) is 9.47 Å². The number of anilines is 1. The molecule has 0 aliphatic rings. The van der Waals surface area contributed by atoms with E-state index in [2.05, 4.69) is 5.32 Å². The molecule has 0 bridgehead atoms. The Balaban J connectivity index is 2.07. The lowest BCUT2D eigenvalue weighted by Gasteiger charge is -2.22. The summed E-state index contributed by atoms with van der Waals surface area (Å²) in [5, 5.41) is 13.4. The van der Waals surface area contributed by atoms with Crippen LogP contribution in [0.1, 0.15) is 12.5 Å². The molecule has 0 atom stereocenters. The topological polar surface area (TPSA) is 93.9 Å². The van der Waals surface area contributed by atoms with E-state index in [1.807, 2.05) is 19.1 Å². The monoisotopic (exact) mass is 359 g/mol. The van der Waals surface area contributed by atoms with Crippen LogP contribution in [0.4, 0.5) is 16.2 Å². The van der Waals surface area contributed by atoms with E-state index < -0.39 is 4.92 Å². The largest absolute Gasteiger partial charge is 0.493 e. The summed E-state index contributed by atoms with van der Waals surface area (Å²) in [7, 11) is 3.12. The Morgan fingerprint density at radius 1 is 1.12 bits per heavy atom. The number of hydrogen-bond donors (Lipinski definition) is 1. The van der Waals surface area contributed by atoms with Gasteiger partial charge in [0.1, 0.15) is 0 Å². The van der Waals surface area contributed by atoms with Crippen LogP contribution in [-0.4, -0.2) is 36.6 Å². The molecular weight excluding hydrogens is 338 g/mol. The molecule has 0 aliphatic carbocycles. The highest BCUT2D eigenvalue weighted by molar-refractivity contribution is 5.89. The molecule has 0 aromatic heterocycles. The van der Waals surface area contributed by atoms with Gasteiger partial charge in [-0.25, -0.2) is 4.79 Å². The van der Waals surface area contributed by atoms with Crippen LogP contribution >= 0.6 is 0 Å². The second kappa shape index (κ2) is 8.70. The van der Waals surface area contributed by atoms with E-state index in [9.17, 15) is 14.9 Å². The summed E-state index contributed by atoms with van der Waals surface area (Å²) in [5.74, 6) is 1.21. The molecule has 0 heterocycles. The Morgan fingerprint density at radius 3 is 2.31 bits per heavy atom. The first-order chi connectivity index (χ1) is 12.5. The van der Waals surface area contributed by atoms with Crippen molar-refractivity contribution in [3.63, 3.8) is 0 Å². The van der Waals surface area contributed by atoms with Gasteiger partial charge in [0.2, 0.25) is 0 Å². The molecule has 0 radical (unpaired) electrons. The fourth-order valence-electron chi connectivity index (χ4n) is 2.40. The Morgan fingerprint density at radius 2 is 1.77 bits per heavy atom. The lowest BCUT2D eigenvalue weighted by molar-refractivity contribution is -0.384. The van der Waals surface area contributed by atoms with E-state index in [0.29, 0.717) is 30.3 Å². The van der Waals surface area contributed by atoms with Gasteiger partial charge in [0, 0.05) is 30.9 Å². The highest BCUT2D eigenvalue weighted by atomic mass is 16.6. The van der Waals surface area contributed by atoms with Gasteiger partial charge in [-0.3, -0.25) is 10.1 Å². The highest BCUT2D eigenvalue weighted by Gasteiger charge is 2.14. The fraction of sp³-hybridized carbons (Fsp3) is 0.278. The van der Waals surface area contributed by atoms with Crippen LogP contribution < -0.4 is 14.8 Å². The number of nitrogens with one attached hydrogen (secondary N) is 1. The number of benzene rings is 2. The molecule has 0 saturated carbocycles. The van der Waals surface area contributed by atoms with Gasteiger partial charge >= 0.3 is 6.03 Å². The van der Waals surface area contributed by atoms with Gasteiger partial charge in [0.05, 0.1) is 19.1 Å². The third-order valence-corrected chi connectivity index (χ3v) is 3.82. The molecule has 0 unspecified atom stereocenters. The second-order valence-electron chi connectivity index (χ2n) is 5.44. The van der Waals surface area contributed by atoms with Crippen molar-refractivity contribution in [2.75, 3.05) is 26.1 Å². The molecule has 26 heavy (non-hydrogen) atoms. The number of carbonyl (C=O) groups excluding carboxylic acids is 1. The number of non-ortho nitro benzene ring substituents is 1. The van der Waals surface area contributed by atoms with Crippen molar-refractivity contribution in [1.29, 1.82) is 0 Å². The molecule has 8 heteroatoms. The molecule has 2 aromatic rings. The first kappa shape index (κ1) is 19.0. The molecule has 0 spiro atoms. The van der Waals surface area contributed by atoms with Crippen molar-refractivity contribution < 1.29 is 19.2 Å². The van der Waals surface area contributed by atoms with Crippen molar-refractivity contribution in [2.24, 2.45) is 0 Å². The van der Waals surface area contributed by atoms with Crippen molar-refractivity contribution >= 4 is 17.4 Å². The van der Waals surface area contributed by atoms with Gasteiger partial charge in [-0.2, -0.15) is 0 Å². The molecule has 2 aromatic carbocycles. The number of nitro groups is 1. The van der Waals surface area contributed by atoms with Crippen LogP contribution in [0.15, 0.2) is 42.5 Å². The van der Waals surface area contributed by atoms with Crippen molar-refractivity contribution in [1.82, 2.24) is 4.90 Å². The lowest BCUT2D eigenvalue weighted by Crippen LogP contribution is -2.34. The number of methoxy groups -OCH3 is 2. The number of carbonyl (C=O) groups is 1. The van der Waals surface area contributed by atoms with Crippen LogP contribution in [0.5, 0.6) is 11.5 Å². The van der Waals surface area contributed by atoms with E-state index in [0.717, 1.165) is 5.56 Å². The van der Waals surface area contributed by atoms with Gasteiger partial charge in [0.15, 0.2) is 11.5 Å². The predicted octanol–water partition coefficient (Wildman–Crippen LogP) is 3.67. The average Bonchev–Trinajstić information content (AvgIpc) is 2.66. The minimum absolute atomic E-state index is 0.0272. The number of nitro benzene ring substituents is 1. The van der Waals surface area contributed by atoms with E-state index >= 15 is 0 Å². The summed E-state index contributed by atoms with van der Waals surface area (Å²) in [5.41, 5.74) is 1.36. The molecule has 0 saturated heterocycles. The van der Waals surface area contributed by atoms with E-state index in [1.165, 1.54) is 24.3 Å². The summed E-state index contributed by atoms with van der Waals surface area (Å²) in [6.45, 7) is 2.75. The van der Waals surface area contributed by atoms with Gasteiger partial charge in [0.25, 0.3) is 5.69 Å². The van der Waals surface area contributed by atoms with Crippen LogP contribution in [0.2, 0.25) is 0 Å². The van der Waals surface area contributed by atoms with Crippen LogP contribution in [-0.2, 0) is 6.54 Å².